The Morgan fingerprint density at radius 1 is 0.774 bits per heavy atom. The number of hydrogen-bond donors (Lipinski definition) is 0. The van der Waals surface area contributed by atoms with Crippen LogP contribution < -0.4 is 0 Å². The minimum atomic E-state index is -0.374. The lowest BCUT2D eigenvalue weighted by atomic mass is 9.82. The van der Waals surface area contributed by atoms with Crippen molar-refractivity contribution in [3.05, 3.63) is 88.5 Å². The number of nitriles is 4. The van der Waals surface area contributed by atoms with E-state index in [1.807, 2.05) is 85.0 Å². The van der Waals surface area contributed by atoms with Gasteiger partial charge in [0.1, 0.15) is 35.4 Å². The lowest BCUT2D eigenvalue weighted by molar-refractivity contribution is 0.594. The van der Waals surface area contributed by atoms with Gasteiger partial charge in [0.25, 0.3) is 0 Å². The molecule has 0 fully saturated rings. The van der Waals surface area contributed by atoms with Crippen molar-refractivity contribution in [2.75, 3.05) is 0 Å². The second-order valence-electron chi connectivity index (χ2n) is 8.24. The Balaban J connectivity index is 2.51. The van der Waals surface area contributed by atoms with E-state index in [9.17, 15) is 21.0 Å². The van der Waals surface area contributed by atoms with E-state index in [2.05, 4.69) is 20.8 Å². The quantitative estimate of drug-likeness (QED) is 0.468. The highest BCUT2D eigenvalue weighted by molar-refractivity contribution is 5.97. The van der Waals surface area contributed by atoms with Gasteiger partial charge in [0, 0.05) is 17.1 Å². The normalized spacial score (nSPS) is 12.5. The zero-order valence-corrected chi connectivity index (χ0v) is 17.6. The molecule has 3 aliphatic rings. The first-order chi connectivity index (χ1) is 14.9. The number of fused-ring (bicyclic) bond motifs is 1. The van der Waals surface area contributed by atoms with Gasteiger partial charge in [-0.2, -0.15) is 21.0 Å². The molecule has 4 nitrogen and oxygen atoms in total. The van der Waals surface area contributed by atoms with Crippen LogP contribution in [0.25, 0.3) is 16.7 Å². The maximum Gasteiger partial charge on any atom is 0.137 e. The summed E-state index contributed by atoms with van der Waals surface area (Å²) in [6.07, 6.45) is 7.37. The largest absolute Gasteiger partial charge is 0.192 e. The van der Waals surface area contributed by atoms with Gasteiger partial charge in [-0.3, -0.25) is 0 Å². The fourth-order valence-electron chi connectivity index (χ4n) is 3.92. The van der Waals surface area contributed by atoms with Crippen molar-refractivity contribution < 1.29 is 0 Å². The molecule has 4 heteroatoms. The van der Waals surface area contributed by atoms with Crippen LogP contribution in [0, 0.1) is 51.2 Å². The van der Waals surface area contributed by atoms with Crippen LogP contribution in [0.3, 0.4) is 0 Å². The predicted molar refractivity (Wildman–Crippen MR) is 120 cm³/mol. The summed E-state index contributed by atoms with van der Waals surface area (Å²) in [4.78, 5) is 0. The molecule has 31 heavy (non-hydrogen) atoms. The third kappa shape index (κ3) is 3.89. The smallest absolute Gasteiger partial charge is 0.137 e. The Hall–Kier alpha value is -4.38. The molecule has 0 N–H and O–H groups in total. The first-order valence-corrected chi connectivity index (χ1v) is 9.84. The fourth-order valence-corrected chi connectivity index (χ4v) is 3.92. The summed E-state index contributed by atoms with van der Waals surface area (Å²) in [5, 5.41) is 39.0. The topological polar surface area (TPSA) is 95.2 Å². The van der Waals surface area contributed by atoms with Gasteiger partial charge in [0.2, 0.25) is 0 Å². The van der Waals surface area contributed by atoms with E-state index in [4.69, 9.17) is 0 Å². The van der Waals surface area contributed by atoms with Crippen molar-refractivity contribution in [1.29, 1.82) is 21.0 Å². The van der Waals surface area contributed by atoms with E-state index in [0.717, 1.165) is 16.7 Å². The second-order valence-corrected chi connectivity index (χ2v) is 8.24. The molecule has 0 saturated carbocycles. The van der Waals surface area contributed by atoms with Crippen LogP contribution in [-0.4, -0.2) is 0 Å². The molecule has 3 aliphatic carbocycles. The second kappa shape index (κ2) is 8.55. The minimum Gasteiger partial charge on any atom is -0.192 e. The molecule has 0 aromatic heterocycles. The Kier molecular flexibility index (Phi) is 5.88. The number of nitrogens with zero attached hydrogens (tertiary/aromatic N) is 4. The Labute approximate surface area is 182 Å². The van der Waals surface area contributed by atoms with E-state index >= 15 is 0 Å². The maximum atomic E-state index is 9.81. The van der Waals surface area contributed by atoms with Gasteiger partial charge in [0.05, 0.1) is 0 Å². The molecule has 0 aromatic carbocycles. The van der Waals surface area contributed by atoms with Crippen LogP contribution in [-0.2, 0) is 5.41 Å². The zero-order valence-electron chi connectivity index (χ0n) is 17.6. The van der Waals surface area contributed by atoms with E-state index < -0.39 is 0 Å². The van der Waals surface area contributed by atoms with Crippen LogP contribution in [0.2, 0.25) is 0 Å². The van der Waals surface area contributed by atoms with Crippen molar-refractivity contribution in [3.63, 3.8) is 0 Å². The van der Waals surface area contributed by atoms with Gasteiger partial charge in [-0.1, -0.05) is 75.4 Å². The van der Waals surface area contributed by atoms with E-state index in [1.54, 1.807) is 0 Å². The summed E-state index contributed by atoms with van der Waals surface area (Å²) >= 11 is 0. The SMILES string of the molecule is CC(C)(C)c1cc(C(=C(C#N)C#N)C(=C(C#N)C#N)C2C=CC=C2)c2cccccc1-2. The van der Waals surface area contributed by atoms with Gasteiger partial charge in [-0.05, 0) is 33.7 Å². The molecule has 148 valence electrons. The number of allylic oxidation sites excluding steroid dienone is 8. The highest BCUT2D eigenvalue weighted by Crippen LogP contribution is 2.46. The zero-order chi connectivity index (χ0) is 22.6. The Morgan fingerprint density at radius 3 is 1.84 bits per heavy atom. The lowest BCUT2D eigenvalue weighted by Gasteiger charge is -2.19. The fraction of sp³-hybridized carbons (Fsp3) is 0.185. The van der Waals surface area contributed by atoms with Gasteiger partial charge in [-0.15, -0.1) is 0 Å². The molecule has 0 spiro atoms. The molecule has 0 amide bonds. The van der Waals surface area contributed by atoms with Crippen LogP contribution >= 0.6 is 0 Å². The molecule has 0 heterocycles. The Morgan fingerprint density at radius 2 is 1.32 bits per heavy atom. The molecule has 3 rings (SSSR count). The molecule has 0 radical (unpaired) electrons. The van der Waals surface area contributed by atoms with Crippen LogP contribution in [0.5, 0.6) is 0 Å². The van der Waals surface area contributed by atoms with Crippen molar-refractivity contribution >= 4 is 5.57 Å². The average molecular weight is 400 g/mol. The molecule has 0 aromatic rings. The summed E-state index contributed by atoms with van der Waals surface area (Å²) in [6.45, 7) is 6.31. The van der Waals surface area contributed by atoms with Gasteiger partial charge in [0.15, 0.2) is 0 Å². The van der Waals surface area contributed by atoms with Crippen LogP contribution in [0.4, 0.5) is 0 Å². The van der Waals surface area contributed by atoms with Gasteiger partial charge in [-0.25, -0.2) is 0 Å². The van der Waals surface area contributed by atoms with E-state index in [1.165, 1.54) is 0 Å². The molecule has 0 atom stereocenters. The molecule has 0 aliphatic heterocycles. The van der Waals surface area contributed by atoms with Gasteiger partial charge >= 0.3 is 0 Å². The molecule has 0 saturated heterocycles. The highest BCUT2D eigenvalue weighted by Gasteiger charge is 2.31. The Bertz CT molecular complexity index is 1260. The maximum absolute atomic E-state index is 9.81. The average Bonchev–Trinajstić information content (AvgIpc) is 3.33. The first-order valence-electron chi connectivity index (χ1n) is 9.84. The van der Waals surface area contributed by atoms with Crippen molar-refractivity contribution in [1.82, 2.24) is 0 Å². The third-order valence-corrected chi connectivity index (χ3v) is 5.30. The predicted octanol–water partition coefficient (Wildman–Crippen LogP) is 5.98. The molecular formula is C27H20N4. The van der Waals surface area contributed by atoms with E-state index in [-0.39, 0.29) is 22.5 Å². The number of hydrogen-bond acceptors (Lipinski definition) is 4. The number of rotatable bonds is 3. The monoisotopic (exact) mass is 400 g/mol. The summed E-state index contributed by atoms with van der Waals surface area (Å²) in [7, 11) is 0. The van der Waals surface area contributed by atoms with Gasteiger partial charge < -0.3 is 0 Å². The molecule has 0 unspecified atom stereocenters. The summed E-state index contributed by atoms with van der Waals surface area (Å²) < 4.78 is 0. The highest BCUT2D eigenvalue weighted by atomic mass is 14.4. The first kappa shape index (κ1) is 21.3. The molecule has 0 bridgehead atoms. The van der Waals surface area contributed by atoms with Crippen LogP contribution in [0.15, 0.2) is 77.4 Å². The summed E-state index contributed by atoms with van der Waals surface area (Å²) in [5.74, 6) is -0.374. The standard InChI is InChI=1S/C27H20N4/c1-27(2,3)24-13-23(21-11-5-4-6-12-22(21)24)26(20(16-30)17-31)25(19(14-28)15-29)18-9-7-8-10-18/h4-13,18H,1-3H3. The molecular weight excluding hydrogens is 380 g/mol. The van der Waals surface area contributed by atoms with Crippen molar-refractivity contribution in [2.24, 2.45) is 5.92 Å². The van der Waals surface area contributed by atoms with Crippen molar-refractivity contribution in [3.8, 4) is 35.4 Å². The third-order valence-electron chi connectivity index (χ3n) is 5.30. The summed E-state index contributed by atoms with van der Waals surface area (Å²) in [5.41, 5.74) is 3.92. The van der Waals surface area contributed by atoms with E-state index in [0.29, 0.717) is 16.7 Å². The minimum absolute atomic E-state index is 0.105. The lowest BCUT2D eigenvalue weighted by Crippen LogP contribution is -2.10. The van der Waals surface area contributed by atoms with Crippen molar-refractivity contribution in [2.45, 2.75) is 26.2 Å². The summed E-state index contributed by atoms with van der Waals surface area (Å²) in [6, 6.07) is 19.7. The van der Waals surface area contributed by atoms with Crippen LogP contribution in [0.1, 0.15) is 31.9 Å².